The van der Waals surface area contributed by atoms with Gasteiger partial charge in [0, 0.05) is 19.8 Å². The van der Waals surface area contributed by atoms with Crippen molar-refractivity contribution in [3.63, 3.8) is 0 Å². The van der Waals surface area contributed by atoms with Gasteiger partial charge in [-0.1, -0.05) is 29.3 Å². The Morgan fingerprint density at radius 2 is 2.07 bits per heavy atom. The molecule has 1 atom stereocenters. The molecule has 1 aromatic carbocycles. The smallest absolute Gasteiger partial charge is 0.318 e. The van der Waals surface area contributed by atoms with E-state index in [4.69, 9.17) is 23.2 Å². The van der Waals surface area contributed by atoms with E-state index in [0.29, 0.717) is 47.6 Å². The number of aryl methyl sites for hydroxylation is 1. The SMILES string of the molecule is C[C@@H](NC(=O)N1CCc2cnc(Cc3ncn(C)n3)nc2C1)c1ccc(Cl)c(Cl)c1. The van der Waals surface area contributed by atoms with Gasteiger partial charge >= 0.3 is 6.03 Å². The van der Waals surface area contributed by atoms with Gasteiger partial charge in [-0.25, -0.2) is 19.7 Å². The molecule has 0 radical (unpaired) electrons. The van der Waals surface area contributed by atoms with Crippen molar-refractivity contribution in [2.45, 2.75) is 32.4 Å². The average molecular weight is 446 g/mol. The van der Waals surface area contributed by atoms with Gasteiger partial charge in [-0.3, -0.25) is 4.68 Å². The van der Waals surface area contributed by atoms with Gasteiger partial charge in [0.1, 0.15) is 12.2 Å². The predicted molar refractivity (Wildman–Crippen MR) is 113 cm³/mol. The molecule has 1 aliphatic rings. The number of aromatic nitrogens is 5. The first-order valence-electron chi connectivity index (χ1n) is 9.57. The zero-order valence-corrected chi connectivity index (χ0v) is 18.2. The molecule has 8 nitrogen and oxygen atoms in total. The third-order valence-corrected chi connectivity index (χ3v) is 5.77. The summed E-state index contributed by atoms with van der Waals surface area (Å²) in [6.45, 7) is 2.95. The maximum Gasteiger partial charge on any atom is 0.318 e. The second kappa shape index (κ2) is 8.57. The minimum absolute atomic E-state index is 0.147. The van der Waals surface area contributed by atoms with Crippen LogP contribution in [0.3, 0.4) is 0 Å². The van der Waals surface area contributed by atoms with Gasteiger partial charge in [0.05, 0.1) is 34.7 Å². The fourth-order valence-corrected chi connectivity index (χ4v) is 3.66. The minimum Gasteiger partial charge on any atom is -0.331 e. The molecule has 0 fully saturated rings. The molecule has 0 unspecified atom stereocenters. The second-order valence-electron chi connectivity index (χ2n) is 7.29. The van der Waals surface area contributed by atoms with Crippen LogP contribution in [-0.2, 0) is 26.4 Å². The molecule has 4 rings (SSSR count). The molecular weight excluding hydrogens is 425 g/mol. The summed E-state index contributed by atoms with van der Waals surface area (Å²) in [6.07, 6.45) is 4.66. The van der Waals surface area contributed by atoms with E-state index in [9.17, 15) is 4.79 Å². The minimum atomic E-state index is -0.204. The topological polar surface area (TPSA) is 88.8 Å². The van der Waals surface area contributed by atoms with Gasteiger partial charge in [-0.2, -0.15) is 5.10 Å². The van der Waals surface area contributed by atoms with Crippen LogP contribution in [0.4, 0.5) is 4.79 Å². The Balaban J connectivity index is 1.42. The van der Waals surface area contributed by atoms with E-state index in [1.165, 1.54) is 0 Å². The number of carbonyl (C=O) groups excluding carboxylic acids is 1. The highest BCUT2D eigenvalue weighted by molar-refractivity contribution is 6.42. The number of halogens is 2. The molecule has 0 saturated carbocycles. The summed E-state index contributed by atoms with van der Waals surface area (Å²) in [5.41, 5.74) is 2.82. The summed E-state index contributed by atoms with van der Waals surface area (Å²) >= 11 is 12.1. The van der Waals surface area contributed by atoms with Gasteiger partial charge in [-0.15, -0.1) is 0 Å². The number of nitrogens with one attached hydrogen (secondary N) is 1. The van der Waals surface area contributed by atoms with Crippen LogP contribution in [0.25, 0.3) is 0 Å². The van der Waals surface area contributed by atoms with Crippen molar-refractivity contribution >= 4 is 29.2 Å². The third-order valence-electron chi connectivity index (χ3n) is 5.03. The van der Waals surface area contributed by atoms with Crippen molar-refractivity contribution in [2.24, 2.45) is 7.05 Å². The summed E-state index contributed by atoms with van der Waals surface area (Å²) in [5, 5.41) is 8.24. The van der Waals surface area contributed by atoms with Gasteiger partial charge in [0.2, 0.25) is 0 Å². The Labute approximate surface area is 184 Å². The summed E-state index contributed by atoms with van der Waals surface area (Å²) in [5.74, 6) is 1.31. The van der Waals surface area contributed by atoms with Crippen LogP contribution in [-0.4, -0.2) is 42.2 Å². The summed E-state index contributed by atoms with van der Waals surface area (Å²) in [4.78, 5) is 27.9. The average Bonchev–Trinajstić information content (AvgIpc) is 3.13. The number of carbonyl (C=O) groups is 1. The van der Waals surface area contributed by atoms with Crippen molar-refractivity contribution < 1.29 is 4.79 Å². The van der Waals surface area contributed by atoms with E-state index >= 15 is 0 Å². The number of amides is 2. The number of nitrogens with zero attached hydrogens (tertiary/aromatic N) is 6. The van der Waals surface area contributed by atoms with E-state index in [2.05, 4.69) is 25.4 Å². The molecule has 156 valence electrons. The molecule has 0 aliphatic carbocycles. The van der Waals surface area contributed by atoms with Crippen LogP contribution >= 0.6 is 23.2 Å². The Kier molecular flexibility index (Phi) is 5.87. The fraction of sp³-hybridized carbons (Fsp3) is 0.350. The van der Waals surface area contributed by atoms with Crippen LogP contribution in [0.2, 0.25) is 10.0 Å². The number of urea groups is 1. The largest absolute Gasteiger partial charge is 0.331 e. The molecule has 2 amide bonds. The Morgan fingerprint density at radius 3 is 2.80 bits per heavy atom. The van der Waals surface area contributed by atoms with Crippen molar-refractivity contribution in [1.29, 1.82) is 0 Å². The summed E-state index contributed by atoms with van der Waals surface area (Å²) in [6, 6.07) is 5.01. The normalized spacial score (nSPS) is 14.3. The lowest BCUT2D eigenvalue weighted by Gasteiger charge is -2.29. The molecular formula is C20H21Cl2N7O. The molecule has 0 bridgehead atoms. The molecule has 1 N–H and O–H groups in total. The third kappa shape index (κ3) is 4.55. The van der Waals surface area contributed by atoms with E-state index in [1.807, 2.05) is 26.2 Å². The van der Waals surface area contributed by atoms with Gasteiger partial charge in [0.25, 0.3) is 0 Å². The van der Waals surface area contributed by atoms with E-state index < -0.39 is 0 Å². The van der Waals surface area contributed by atoms with Crippen molar-refractivity contribution in [2.75, 3.05) is 6.54 Å². The molecule has 10 heteroatoms. The molecule has 0 saturated heterocycles. The van der Waals surface area contributed by atoms with Gasteiger partial charge in [0.15, 0.2) is 5.82 Å². The summed E-state index contributed by atoms with van der Waals surface area (Å²) in [7, 11) is 1.82. The standard InChI is InChI=1S/C20H21Cl2N7O/c1-12(13-3-4-15(21)16(22)7-13)25-20(30)29-6-5-14-9-23-18(26-17(14)10-29)8-19-24-11-28(2)27-19/h3-4,7,9,11-12H,5-6,8,10H2,1-2H3,(H,25,30)/t12-/m1/s1. The van der Waals surface area contributed by atoms with Crippen molar-refractivity contribution in [1.82, 2.24) is 34.9 Å². The Bertz CT molecular complexity index is 1080. The molecule has 3 heterocycles. The number of hydrogen-bond donors (Lipinski definition) is 1. The number of benzene rings is 1. The van der Waals surface area contributed by atoms with Crippen molar-refractivity contribution in [3.05, 3.63) is 69.2 Å². The monoisotopic (exact) mass is 445 g/mol. The molecule has 1 aliphatic heterocycles. The maximum atomic E-state index is 12.8. The predicted octanol–water partition coefficient (Wildman–Crippen LogP) is 3.33. The Morgan fingerprint density at radius 1 is 1.23 bits per heavy atom. The quantitative estimate of drug-likeness (QED) is 0.664. The lowest BCUT2D eigenvalue weighted by Crippen LogP contribution is -2.44. The van der Waals surface area contributed by atoms with Crippen LogP contribution in [0, 0.1) is 0 Å². The van der Waals surface area contributed by atoms with Gasteiger partial charge < -0.3 is 10.2 Å². The number of hydrogen-bond acceptors (Lipinski definition) is 5. The first kappa shape index (κ1) is 20.6. The highest BCUT2D eigenvalue weighted by Crippen LogP contribution is 2.26. The second-order valence-corrected chi connectivity index (χ2v) is 8.10. The Hall–Kier alpha value is -2.71. The first-order valence-corrected chi connectivity index (χ1v) is 10.3. The highest BCUT2D eigenvalue weighted by Gasteiger charge is 2.24. The van der Waals surface area contributed by atoms with E-state index in [0.717, 1.165) is 16.8 Å². The summed E-state index contributed by atoms with van der Waals surface area (Å²) < 4.78 is 1.65. The van der Waals surface area contributed by atoms with E-state index in [1.54, 1.807) is 28.0 Å². The zero-order chi connectivity index (χ0) is 21.3. The zero-order valence-electron chi connectivity index (χ0n) is 16.6. The van der Waals surface area contributed by atoms with Crippen LogP contribution in [0.5, 0.6) is 0 Å². The van der Waals surface area contributed by atoms with Crippen molar-refractivity contribution in [3.8, 4) is 0 Å². The molecule has 30 heavy (non-hydrogen) atoms. The fourth-order valence-electron chi connectivity index (χ4n) is 3.35. The molecule has 2 aromatic heterocycles. The number of rotatable bonds is 4. The van der Waals surface area contributed by atoms with E-state index in [-0.39, 0.29) is 12.1 Å². The van der Waals surface area contributed by atoms with Gasteiger partial charge in [-0.05, 0) is 36.6 Å². The maximum absolute atomic E-state index is 12.8. The first-order chi connectivity index (χ1) is 14.4. The lowest BCUT2D eigenvalue weighted by atomic mass is 10.1. The van der Waals surface area contributed by atoms with Crippen LogP contribution in [0.15, 0.2) is 30.7 Å². The van der Waals surface area contributed by atoms with Crippen LogP contribution < -0.4 is 5.32 Å². The molecule has 3 aromatic rings. The lowest BCUT2D eigenvalue weighted by molar-refractivity contribution is 0.188. The highest BCUT2D eigenvalue weighted by atomic mass is 35.5. The molecule has 0 spiro atoms. The number of fused-ring (bicyclic) bond motifs is 1. The van der Waals surface area contributed by atoms with Crippen LogP contribution in [0.1, 0.15) is 41.4 Å².